The second kappa shape index (κ2) is 5.77. The Bertz CT molecular complexity index is 760. The molecule has 2 aromatic rings. The average Bonchev–Trinajstić information content (AvgIpc) is 3.17. The molecule has 22 heavy (non-hydrogen) atoms. The number of nitrogens with one attached hydrogen (secondary N) is 1. The number of amides is 1. The van der Waals surface area contributed by atoms with Gasteiger partial charge in [-0.15, -0.1) is 0 Å². The maximum atomic E-state index is 12.0. The van der Waals surface area contributed by atoms with Crippen molar-refractivity contribution < 1.29 is 18.7 Å². The minimum atomic E-state index is -0.277. The highest BCUT2D eigenvalue weighted by atomic mass is 16.5. The smallest absolute Gasteiger partial charge is 0.275 e. The number of methoxy groups -OCH3 is 2. The highest BCUT2D eigenvalue weighted by Gasteiger charge is 2.22. The van der Waals surface area contributed by atoms with Crippen molar-refractivity contribution in [3.63, 3.8) is 0 Å². The van der Waals surface area contributed by atoms with Crippen LogP contribution in [0.2, 0.25) is 0 Å². The van der Waals surface area contributed by atoms with Crippen LogP contribution >= 0.6 is 0 Å². The molecule has 1 aliphatic rings. The Morgan fingerprint density at radius 3 is 2.68 bits per heavy atom. The molecule has 0 aliphatic carbocycles. The normalized spacial score (nSPS) is 15.6. The Hall–Kier alpha value is -3.02. The molecular weight excluding hydrogens is 284 g/mol. The van der Waals surface area contributed by atoms with E-state index in [0.717, 1.165) is 5.56 Å². The van der Waals surface area contributed by atoms with Gasteiger partial charge in [-0.2, -0.15) is 0 Å². The first-order valence-corrected chi connectivity index (χ1v) is 6.59. The fraction of sp³-hybridized carbons (Fsp3) is 0.125. The van der Waals surface area contributed by atoms with E-state index in [1.54, 1.807) is 50.6 Å². The number of carbonyl (C=O) groups excluding carboxylic acids is 1. The van der Waals surface area contributed by atoms with Crippen LogP contribution in [-0.2, 0) is 4.79 Å². The fourth-order valence-corrected chi connectivity index (χ4v) is 2.10. The molecule has 6 nitrogen and oxygen atoms in total. The van der Waals surface area contributed by atoms with E-state index in [4.69, 9.17) is 13.9 Å². The minimum Gasteiger partial charge on any atom is -0.493 e. The summed E-state index contributed by atoms with van der Waals surface area (Å²) < 4.78 is 15.6. The largest absolute Gasteiger partial charge is 0.493 e. The van der Waals surface area contributed by atoms with E-state index in [1.807, 2.05) is 0 Å². The van der Waals surface area contributed by atoms with Crippen LogP contribution in [0.1, 0.15) is 11.3 Å². The van der Waals surface area contributed by atoms with Gasteiger partial charge in [0.05, 0.1) is 20.5 Å². The third kappa shape index (κ3) is 2.58. The number of amidine groups is 1. The van der Waals surface area contributed by atoms with Crippen molar-refractivity contribution in [3.05, 3.63) is 53.6 Å². The maximum Gasteiger partial charge on any atom is 0.275 e. The number of carbonyl (C=O) groups is 1. The molecule has 0 unspecified atom stereocenters. The Morgan fingerprint density at radius 1 is 1.18 bits per heavy atom. The van der Waals surface area contributed by atoms with Crippen LogP contribution in [0.3, 0.4) is 0 Å². The van der Waals surface area contributed by atoms with Gasteiger partial charge in [-0.3, -0.25) is 4.79 Å². The molecule has 0 saturated carbocycles. The first kappa shape index (κ1) is 13.9. The van der Waals surface area contributed by atoms with E-state index < -0.39 is 0 Å². The number of rotatable bonds is 4. The van der Waals surface area contributed by atoms with Crippen LogP contribution in [0.5, 0.6) is 11.5 Å². The van der Waals surface area contributed by atoms with E-state index in [1.165, 1.54) is 6.26 Å². The highest BCUT2D eigenvalue weighted by Crippen LogP contribution is 2.28. The quantitative estimate of drug-likeness (QED) is 0.878. The number of benzene rings is 1. The van der Waals surface area contributed by atoms with Crippen molar-refractivity contribution >= 4 is 17.8 Å². The molecule has 6 heteroatoms. The minimum absolute atomic E-state index is 0.277. The van der Waals surface area contributed by atoms with Gasteiger partial charge in [0, 0.05) is 11.6 Å². The van der Waals surface area contributed by atoms with Gasteiger partial charge in [-0.1, -0.05) is 0 Å². The Kier molecular flexibility index (Phi) is 3.65. The van der Waals surface area contributed by atoms with Crippen molar-refractivity contribution in [1.29, 1.82) is 0 Å². The molecule has 1 aromatic carbocycles. The summed E-state index contributed by atoms with van der Waals surface area (Å²) >= 11 is 0. The molecule has 0 saturated heterocycles. The molecule has 0 radical (unpaired) electrons. The lowest BCUT2D eigenvalue weighted by Gasteiger charge is -2.09. The number of hydrogen-bond acceptors (Lipinski definition) is 5. The van der Waals surface area contributed by atoms with Gasteiger partial charge in [0.15, 0.2) is 11.5 Å². The molecule has 0 fully saturated rings. The van der Waals surface area contributed by atoms with E-state index >= 15 is 0 Å². The van der Waals surface area contributed by atoms with Crippen molar-refractivity contribution in [2.24, 2.45) is 4.99 Å². The molecule has 2 heterocycles. The number of furan rings is 1. The summed E-state index contributed by atoms with van der Waals surface area (Å²) in [7, 11) is 3.12. The third-order valence-electron chi connectivity index (χ3n) is 3.18. The zero-order valence-electron chi connectivity index (χ0n) is 12.1. The zero-order chi connectivity index (χ0) is 15.5. The van der Waals surface area contributed by atoms with Gasteiger partial charge >= 0.3 is 0 Å². The van der Waals surface area contributed by atoms with Gasteiger partial charge in [0.25, 0.3) is 5.91 Å². The molecule has 3 rings (SSSR count). The molecule has 112 valence electrons. The molecule has 1 N–H and O–H groups in total. The topological polar surface area (TPSA) is 73.1 Å². The molecular formula is C16H14N2O4. The number of ether oxygens (including phenoxy) is 2. The zero-order valence-corrected chi connectivity index (χ0v) is 12.1. The van der Waals surface area contributed by atoms with Gasteiger partial charge < -0.3 is 19.2 Å². The number of hydrogen-bond donors (Lipinski definition) is 1. The van der Waals surface area contributed by atoms with E-state index in [-0.39, 0.29) is 5.91 Å². The van der Waals surface area contributed by atoms with Crippen molar-refractivity contribution in [2.45, 2.75) is 0 Å². The summed E-state index contributed by atoms with van der Waals surface area (Å²) in [6, 6.07) is 8.82. The van der Waals surface area contributed by atoms with Crippen molar-refractivity contribution in [1.82, 2.24) is 5.32 Å². The van der Waals surface area contributed by atoms with E-state index in [0.29, 0.717) is 28.8 Å². The monoisotopic (exact) mass is 298 g/mol. The summed E-state index contributed by atoms with van der Waals surface area (Å²) in [5.74, 6) is 1.94. The summed E-state index contributed by atoms with van der Waals surface area (Å²) in [6.07, 6.45) is 3.13. The SMILES string of the molecule is COc1ccc(C2=N/C(=C/c3ccco3)C(=O)N2)cc1OC. The Balaban J connectivity index is 1.94. The summed E-state index contributed by atoms with van der Waals surface area (Å²) in [6.45, 7) is 0. The molecule has 0 atom stereocenters. The third-order valence-corrected chi connectivity index (χ3v) is 3.18. The van der Waals surface area contributed by atoms with Crippen LogP contribution in [0.15, 0.2) is 51.7 Å². The van der Waals surface area contributed by atoms with E-state index in [2.05, 4.69) is 10.3 Å². The summed E-state index contributed by atoms with van der Waals surface area (Å²) in [5.41, 5.74) is 1.02. The summed E-state index contributed by atoms with van der Waals surface area (Å²) in [4.78, 5) is 16.3. The second-order valence-electron chi connectivity index (χ2n) is 4.53. The van der Waals surface area contributed by atoms with Gasteiger partial charge in [-0.25, -0.2) is 4.99 Å². The number of nitrogens with zero attached hydrogens (tertiary/aromatic N) is 1. The molecule has 0 bridgehead atoms. The van der Waals surface area contributed by atoms with Gasteiger partial charge in [-0.05, 0) is 30.3 Å². The van der Waals surface area contributed by atoms with Crippen LogP contribution in [0, 0.1) is 0 Å². The Labute approximate surface area is 127 Å². The van der Waals surface area contributed by atoms with Gasteiger partial charge in [0.1, 0.15) is 17.3 Å². The van der Waals surface area contributed by atoms with Crippen LogP contribution in [0.4, 0.5) is 0 Å². The highest BCUT2D eigenvalue weighted by molar-refractivity contribution is 6.19. The van der Waals surface area contributed by atoms with E-state index in [9.17, 15) is 4.79 Å². The fourth-order valence-electron chi connectivity index (χ4n) is 2.10. The Morgan fingerprint density at radius 2 is 2.00 bits per heavy atom. The lowest BCUT2D eigenvalue weighted by molar-refractivity contribution is -0.115. The molecule has 0 spiro atoms. The maximum absolute atomic E-state index is 12.0. The summed E-state index contributed by atoms with van der Waals surface area (Å²) in [5, 5.41) is 2.73. The predicted molar refractivity (Wildman–Crippen MR) is 80.9 cm³/mol. The molecule has 1 aromatic heterocycles. The standard InChI is InChI=1S/C16H14N2O4/c1-20-13-6-5-10(8-14(13)21-2)15-17-12(16(19)18-15)9-11-4-3-7-22-11/h3-9H,1-2H3,(H,17,18,19)/b12-9+. The van der Waals surface area contributed by atoms with Gasteiger partial charge in [0.2, 0.25) is 0 Å². The predicted octanol–water partition coefficient (Wildman–Crippen LogP) is 2.21. The molecule has 1 amide bonds. The first-order valence-electron chi connectivity index (χ1n) is 6.59. The lowest BCUT2D eigenvalue weighted by atomic mass is 10.2. The first-order chi connectivity index (χ1) is 10.7. The lowest BCUT2D eigenvalue weighted by Crippen LogP contribution is -2.24. The van der Waals surface area contributed by atoms with Crippen LogP contribution in [-0.4, -0.2) is 26.0 Å². The van der Waals surface area contributed by atoms with Crippen molar-refractivity contribution in [2.75, 3.05) is 14.2 Å². The average molecular weight is 298 g/mol. The molecule has 1 aliphatic heterocycles. The van der Waals surface area contributed by atoms with Crippen LogP contribution in [0.25, 0.3) is 6.08 Å². The van der Waals surface area contributed by atoms with Crippen LogP contribution < -0.4 is 14.8 Å². The number of aliphatic imine (C=N–C) groups is 1. The van der Waals surface area contributed by atoms with Crippen molar-refractivity contribution in [3.8, 4) is 11.5 Å². The second-order valence-corrected chi connectivity index (χ2v) is 4.53.